The Balaban J connectivity index is 2.54. The monoisotopic (exact) mass is 318 g/mol. The molecule has 2 rings (SSSR count). The van der Waals surface area contributed by atoms with Gasteiger partial charge in [-0.2, -0.15) is 0 Å². The molecule has 0 aliphatic heterocycles. The molecule has 0 N–H and O–H groups in total. The van der Waals surface area contributed by atoms with Gasteiger partial charge in [0.1, 0.15) is 0 Å². The van der Waals surface area contributed by atoms with Crippen molar-refractivity contribution in [3.63, 3.8) is 0 Å². The van der Waals surface area contributed by atoms with Crippen molar-refractivity contribution in [3.8, 4) is 0 Å². The Kier molecular flexibility index (Phi) is 4.18. The fraction of sp³-hybridized carbons (Fsp3) is 0. The SMILES string of the molecule is O=C(c1cc(Cl)ccc1Cl)c1cc(Cl)ccc1Cl. The summed E-state index contributed by atoms with van der Waals surface area (Å²) >= 11 is 23.7. The van der Waals surface area contributed by atoms with Crippen LogP contribution in [0.1, 0.15) is 15.9 Å². The molecule has 0 radical (unpaired) electrons. The molecule has 0 atom stereocenters. The quantitative estimate of drug-likeness (QED) is 0.665. The summed E-state index contributed by atoms with van der Waals surface area (Å²) in [6.07, 6.45) is 0. The van der Waals surface area contributed by atoms with E-state index in [0.29, 0.717) is 31.2 Å². The van der Waals surface area contributed by atoms with Gasteiger partial charge in [-0.3, -0.25) is 4.79 Å². The molecule has 0 spiro atoms. The molecular weight excluding hydrogens is 314 g/mol. The van der Waals surface area contributed by atoms with Gasteiger partial charge in [-0.15, -0.1) is 0 Å². The third kappa shape index (κ3) is 2.81. The average Bonchev–Trinajstić information content (AvgIpc) is 2.34. The molecule has 92 valence electrons. The topological polar surface area (TPSA) is 17.1 Å². The van der Waals surface area contributed by atoms with Crippen molar-refractivity contribution in [2.24, 2.45) is 0 Å². The number of rotatable bonds is 2. The van der Waals surface area contributed by atoms with Gasteiger partial charge >= 0.3 is 0 Å². The molecule has 2 aromatic carbocycles. The van der Waals surface area contributed by atoms with Gasteiger partial charge in [0.2, 0.25) is 0 Å². The van der Waals surface area contributed by atoms with Crippen LogP contribution in [0.2, 0.25) is 20.1 Å². The highest BCUT2D eigenvalue weighted by Gasteiger charge is 2.16. The second-order valence-corrected chi connectivity index (χ2v) is 5.26. The molecule has 0 bridgehead atoms. The molecule has 0 saturated heterocycles. The number of halogens is 4. The number of benzene rings is 2. The predicted octanol–water partition coefficient (Wildman–Crippen LogP) is 5.53. The molecule has 1 nitrogen and oxygen atoms in total. The highest BCUT2D eigenvalue weighted by molar-refractivity contribution is 6.40. The molecule has 0 unspecified atom stereocenters. The molecule has 0 aliphatic carbocycles. The fourth-order valence-electron chi connectivity index (χ4n) is 1.49. The number of carbonyl (C=O) groups is 1. The maximum atomic E-state index is 12.3. The highest BCUT2D eigenvalue weighted by Crippen LogP contribution is 2.27. The average molecular weight is 320 g/mol. The van der Waals surface area contributed by atoms with Crippen LogP contribution < -0.4 is 0 Å². The van der Waals surface area contributed by atoms with Gasteiger partial charge in [0.25, 0.3) is 0 Å². The van der Waals surface area contributed by atoms with Crippen molar-refractivity contribution in [3.05, 3.63) is 67.6 Å². The Labute approximate surface area is 124 Å². The minimum Gasteiger partial charge on any atom is -0.288 e. The first-order valence-corrected chi connectivity index (χ1v) is 6.45. The van der Waals surface area contributed by atoms with Gasteiger partial charge in [-0.25, -0.2) is 0 Å². The number of hydrogen-bond acceptors (Lipinski definition) is 1. The van der Waals surface area contributed by atoms with Crippen LogP contribution in [-0.4, -0.2) is 5.78 Å². The first-order valence-electron chi connectivity index (χ1n) is 4.94. The Morgan fingerprint density at radius 2 is 1.11 bits per heavy atom. The lowest BCUT2D eigenvalue weighted by Gasteiger charge is -2.06. The van der Waals surface area contributed by atoms with E-state index in [1.54, 1.807) is 24.3 Å². The Bertz CT molecular complexity index is 569. The van der Waals surface area contributed by atoms with E-state index in [1.807, 2.05) is 0 Å². The lowest BCUT2D eigenvalue weighted by Crippen LogP contribution is -2.03. The zero-order chi connectivity index (χ0) is 13.3. The number of ketones is 1. The molecule has 2 aromatic rings. The fourth-order valence-corrected chi connectivity index (χ4v) is 2.24. The Hall–Kier alpha value is -0.730. The van der Waals surface area contributed by atoms with Crippen molar-refractivity contribution in [1.29, 1.82) is 0 Å². The zero-order valence-electron chi connectivity index (χ0n) is 8.88. The highest BCUT2D eigenvalue weighted by atomic mass is 35.5. The normalized spacial score (nSPS) is 10.4. The molecule has 0 aromatic heterocycles. The van der Waals surface area contributed by atoms with Gasteiger partial charge < -0.3 is 0 Å². The van der Waals surface area contributed by atoms with Gasteiger partial charge in [0, 0.05) is 21.2 Å². The van der Waals surface area contributed by atoms with Gasteiger partial charge in [0.15, 0.2) is 5.78 Å². The van der Waals surface area contributed by atoms with Crippen molar-refractivity contribution >= 4 is 52.2 Å². The van der Waals surface area contributed by atoms with E-state index in [4.69, 9.17) is 46.4 Å². The van der Waals surface area contributed by atoms with E-state index < -0.39 is 0 Å². The number of hydrogen-bond donors (Lipinski definition) is 0. The molecule has 18 heavy (non-hydrogen) atoms. The summed E-state index contributed by atoms with van der Waals surface area (Å²) in [5.74, 6) is -0.310. The summed E-state index contributed by atoms with van der Waals surface area (Å²) < 4.78 is 0. The molecule has 0 aliphatic rings. The first-order chi connectivity index (χ1) is 8.49. The third-order valence-corrected chi connectivity index (χ3v) is 3.48. The lowest BCUT2D eigenvalue weighted by atomic mass is 10.0. The maximum absolute atomic E-state index is 12.3. The summed E-state index contributed by atoms with van der Waals surface area (Å²) in [6, 6.07) is 9.36. The van der Waals surface area contributed by atoms with E-state index in [0.717, 1.165) is 0 Å². The van der Waals surface area contributed by atoms with Crippen LogP contribution in [0.5, 0.6) is 0 Å². The summed E-state index contributed by atoms with van der Waals surface area (Å²) in [5, 5.41) is 1.50. The second-order valence-electron chi connectivity index (χ2n) is 3.58. The minimum atomic E-state index is -0.310. The second kappa shape index (κ2) is 5.50. The minimum absolute atomic E-state index is 0.299. The Morgan fingerprint density at radius 3 is 1.50 bits per heavy atom. The molecule has 0 saturated carbocycles. The standard InChI is InChI=1S/C13H6Cl4O/c14-7-1-3-11(16)9(5-7)13(18)10-6-8(15)2-4-12(10)17/h1-6H. The van der Waals surface area contributed by atoms with Crippen molar-refractivity contribution in [1.82, 2.24) is 0 Å². The summed E-state index contributed by atoms with van der Waals surface area (Å²) in [4.78, 5) is 12.3. The Morgan fingerprint density at radius 1 is 0.722 bits per heavy atom. The smallest absolute Gasteiger partial charge is 0.196 e. The van der Waals surface area contributed by atoms with Crippen LogP contribution in [-0.2, 0) is 0 Å². The van der Waals surface area contributed by atoms with Crippen molar-refractivity contribution < 1.29 is 4.79 Å². The lowest BCUT2D eigenvalue weighted by molar-refractivity contribution is 0.103. The van der Waals surface area contributed by atoms with Crippen LogP contribution in [0.25, 0.3) is 0 Å². The van der Waals surface area contributed by atoms with Crippen LogP contribution in [0.15, 0.2) is 36.4 Å². The molecule has 0 heterocycles. The van der Waals surface area contributed by atoms with E-state index >= 15 is 0 Å². The van der Waals surface area contributed by atoms with Crippen LogP contribution >= 0.6 is 46.4 Å². The van der Waals surface area contributed by atoms with E-state index in [9.17, 15) is 4.79 Å². The van der Waals surface area contributed by atoms with Crippen LogP contribution in [0.4, 0.5) is 0 Å². The van der Waals surface area contributed by atoms with E-state index in [1.165, 1.54) is 12.1 Å². The maximum Gasteiger partial charge on any atom is 0.196 e. The first kappa shape index (κ1) is 13.7. The largest absolute Gasteiger partial charge is 0.288 e. The number of carbonyl (C=O) groups excluding carboxylic acids is 1. The van der Waals surface area contributed by atoms with Crippen molar-refractivity contribution in [2.45, 2.75) is 0 Å². The van der Waals surface area contributed by atoms with Crippen LogP contribution in [0, 0.1) is 0 Å². The summed E-state index contributed by atoms with van der Waals surface area (Å²) in [7, 11) is 0. The van der Waals surface area contributed by atoms with Crippen molar-refractivity contribution in [2.75, 3.05) is 0 Å². The summed E-state index contributed by atoms with van der Waals surface area (Å²) in [6.45, 7) is 0. The zero-order valence-corrected chi connectivity index (χ0v) is 11.9. The molecule has 0 amide bonds. The van der Waals surface area contributed by atoms with Gasteiger partial charge in [-0.05, 0) is 36.4 Å². The van der Waals surface area contributed by atoms with Crippen LogP contribution in [0.3, 0.4) is 0 Å². The molecule has 5 heteroatoms. The van der Waals surface area contributed by atoms with E-state index in [2.05, 4.69) is 0 Å². The van der Waals surface area contributed by atoms with Gasteiger partial charge in [0.05, 0.1) is 10.0 Å². The molecule has 0 fully saturated rings. The summed E-state index contributed by atoms with van der Waals surface area (Å²) in [5.41, 5.74) is 0.599. The van der Waals surface area contributed by atoms with E-state index in [-0.39, 0.29) is 5.78 Å². The van der Waals surface area contributed by atoms with Gasteiger partial charge in [-0.1, -0.05) is 46.4 Å². The molecular formula is C13H6Cl4O. The third-order valence-electron chi connectivity index (χ3n) is 2.35. The predicted molar refractivity (Wildman–Crippen MR) is 76.4 cm³/mol.